The molecule has 0 aromatic heterocycles. The molecule has 2 atom stereocenters. The highest BCUT2D eigenvalue weighted by Crippen LogP contribution is 2.43. The lowest BCUT2D eigenvalue weighted by atomic mass is 9.75. The fraction of sp³-hybridized carbons (Fsp3) is 0.423. The zero-order valence-electron chi connectivity index (χ0n) is 19.5. The van der Waals surface area contributed by atoms with Gasteiger partial charge in [-0.25, -0.2) is 0 Å². The van der Waals surface area contributed by atoms with Crippen LogP contribution in [-0.2, 0) is 19.8 Å². The van der Waals surface area contributed by atoms with Crippen LogP contribution in [0.2, 0.25) is 5.02 Å². The van der Waals surface area contributed by atoms with E-state index < -0.39 is 5.41 Å². The molecule has 7 nitrogen and oxygen atoms in total. The van der Waals surface area contributed by atoms with E-state index in [0.29, 0.717) is 30.3 Å². The Morgan fingerprint density at radius 1 is 1.12 bits per heavy atom. The number of carbonyl (C=O) groups excluding carboxylic acids is 3. The first kappa shape index (κ1) is 24.1. The number of hydrogen-bond acceptors (Lipinski definition) is 5. The first-order valence-electron chi connectivity index (χ1n) is 11.4. The average molecular weight is 485 g/mol. The number of halogens is 1. The number of carbonyl (C=O) groups is 3. The van der Waals surface area contributed by atoms with Gasteiger partial charge >= 0.3 is 0 Å². The van der Waals surface area contributed by atoms with Crippen LogP contribution in [0.25, 0.3) is 0 Å². The highest BCUT2D eigenvalue weighted by molar-refractivity contribution is 6.32. The Hall–Kier alpha value is -3.06. The lowest BCUT2D eigenvalue weighted by Crippen LogP contribution is -2.46. The van der Waals surface area contributed by atoms with Crippen LogP contribution in [0.1, 0.15) is 31.2 Å². The molecule has 4 rings (SSSR count). The Morgan fingerprint density at radius 3 is 2.47 bits per heavy atom. The van der Waals surface area contributed by atoms with Crippen molar-refractivity contribution in [1.29, 1.82) is 0 Å². The number of imide groups is 1. The third-order valence-corrected chi connectivity index (χ3v) is 7.13. The number of ether oxygens (including phenoxy) is 2. The van der Waals surface area contributed by atoms with Gasteiger partial charge in [0, 0.05) is 43.9 Å². The van der Waals surface area contributed by atoms with Crippen molar-refractivity contribution in [2.24, 2.45) is 5.92 Å². The summed E-state index contributed by atoms with van der Waals surface area (Å²) in [6, 6.07) is 14.4. The number of piperidine rings is 1. The molecule has 0 aliphatic carbocycles. The van der Waals surface area contributed by atoms with E-state index in [2.05, 4.69) is 0 Å². The van der Waals surface area contributed by atoms with E-state index >= 15 is 0 Å². The van der Waals surface area contributed by atoms with Gasteiger partial charge in [0.15, 0.2) is 0 Å². The third kappa shape index (κ3) is 4.75. The molecule has 8 heteroatoms. The molecule has 0 radical (unpaired) electrons. The maximum atomic E-state index is 13.4. The Balaban J connectivity index is 1.46. The minimum Gasteiger partial charge on any atom is -0.497 e. The van der Waals surface area contributed by atoms with Crippen molar-refractivity contribution in [1.82, 2.24) is 9.80 Å². The molecule has 3 amide bonds. The molecular weight excluding hydrogens is 456 g/mol. The Morgan fingerprint density at radius 2 is 1.82 bits per heavy atom. The van der Waals surface area contributed by atoms with Crippen molar-refractivity contribution < 1.29 is 23.9 Å². The number of likely N-dealkylation sites (N-methyl/N-ethyl adjacent to an activating group) is 1. The Bertz CT molecular complexity index is 1070. The lowest BCUT2D eigenvalue weighted by molar-refractivity contribution is -0.142. The second-order valence-electron chi connectivity index (χ2n) is 9.01. The SMILES string of the molecule is COc1ccc(OC[C@H]2CCCN(C(=O)C[C@]3(c4ccccc4Cl)CC(=O)N(C)C3=O)C2)cc1. The van der Waals surface area contributed by atoms with Crippen LogP contribution < -0.4 is 9.47 Å². The zero-order valence-corrected chi connectivity index (χ0v) is 20.2. The summed E-state index contributed by atoms with van der Waals surface area (Å²) in [4.78, 5) is 42.0. The summed E-state index contributed by atoms with van der Waals surface area (Å²) in [6.07, 6.45) is 1.66. The van der Waals surface area contributed by atoms with Crippen molar-refractivity contribution in [3.63, 3.8) is 0 Å². The summed E-state index contributed by atoms with van der Waals surface area (Å²) in [5.74, 6) is 0.863. The summed E-state index contributed by atoms with van der Waals surface area (Å²) >= 11 is 6.43. The molecule has 2 aliphatic heterocycles. The van der Waals surface area contributed by atoms with Crippen LogP contribution in [0, 0.1) is 5.92 Å². The Labute approximate surface area is 204 Å². The van der Waals surface area contributed by atoms with Crippen LogP contribution in [-0.4, -0.2) is 61.4 Å². The van der Waals surface area contributed by atoms with Gasteiger partial charge in [0.2, 0.25) is 17.7 Å². The second-order valence-corrected chi connectivity index (χ2v) is 9.42. The predicted octanol–water partition coefficient (Wildman–Crippen LogP) is 3.68. The van der Waals surface area contributed by atoms with Crippen LogP contribution >= 0.6 is 11.6 Å². The normalized spacial score (nSPS) is 22.7. The minimum absolute atomic E-state index is 0.0599. The number of benzene rings is 2. The second kappa shape index (κ2) is 10.1. The predicted molar refractivity (Wildman–Crippen MR) is 128 cm³/mol. The molecule has 0 spiro atoms. The smallest absolute Gasteiger partial charge is 0.240 e. The maximum Gasteiger partial charge on any atom is 0.240 e. The van der Waals surface area contributed by atoms with Gasteiger partial charge in [0.05, 0.1) is 19.1 Å². The molecular formula is C26H29ClN2O5. The molecule has 2 saturated heterocycles. The van der Waals surface area contributed by atoms with Gasteiger partial charge < -0.3 is 14.4 Å². The van der Waals surface area contributed by atoms with E-state index in [9.17, 15) is 14.4 Å². The first-order chi connectivity index (χ1) is 16.3. The molecule has 2 aromatic carbocycles. The highest BCUT2D eigenvalue weighted by atomic mass is 35.5. The van der Waals surface area contributed by atoms with Gasteiger partial charge in [0.1, 0.15) is 11.5 Å². The van der Waals surface area contributed by atoms with E-state index in [4.69, 9.17) is 21.1 Å². The molecule has 2 fully saturated rings. The Kier molecular flexibility index (Phi) is 7.12. The van der Waals surface area contributed by atoms with Crippen LogP contribution in [0.3, 0.4) is 0 Å². The molecule has 34 heavy (non-hydrogen) atoms. The summed E-state index contributed by atoms with van der Waals surface area (Å²) in [7, 11) is 3.08. The number of rotatable bonds is 7. The zero-order chi connectivity index (χ0) is 24.3. The van der Waals surface area contributed by atoms with E-state index in [-0.39, 0.29) is 36.5 Å². The number of likely N-dealkylation sites (tertiary alicyclic amines) is 2. The topological polar surface area (TPSA) is 76.2 Å². The van der Waals surface area contributed by atoms with Gasteiger partial charge in [-0.2, -0.15) is 0 Å². The first-order valence-corrected chi connectivity index (χ1v) is 11.8. The maximum absolute atomic E-state index is 13.4. The molecule has 180 valence electrons. The minimum atomic E-state index is -1.27. The van der Waals surface area contributed by atoms with E-state index in [0.717, 1.165) is 29.2 Å². The average Bonchev–Trinajstić information content (AvgIpc) is 3.07. The van der Waals surface area contributed by atoms with Gasteiger partial charge in [-0.3, -0.25) is 19.3 Å². The van der Waals surface area contributed by atoms with Crippen LogP contribution in [0.4, 0.5) is 0 Å². The quantitative estimate of drug-likeness (QED) is 0.560. The number of hydrogen-bond donors (Lipinski definition) is 0. The standard InChI is InChI=1S/C26H29ClN2O5/c1-28-23(30)14-26(25(28)32,21-7-3-4-8-22(21)27)15-24(31)29-13-5-6-18(16-29)17-34-20-11-9-19(33-2)10-12-20/h3-4,7-12,18H,5-6,13-17H2,1-2H3/t18-,26-/m0/s1. The summed E-state index contributed by atoms with van der Waals surface area (Å²) < 4.78 is 11.1. The molecule has 2 aliphatic rings. The summed E-state index contributed by atoms with van der Waals surface area (Å²) in [5.41, 5.74) is -0.738. The van der Waals surface area contributed by atoms with Crippen molar-refractivity contribution in [2.45, 2.75) is 31.1 Å². The molecule has 2 heterocycles. The van der Waals surface area contributed by atoms with Crippen molar-refractivity contribution in [2.75, 3.05) is 33.9 Å². The number of amides is 3. The largest absolute Gasteiger partial charge is 0.497 e. The number of nitrogens with zero attached hydrogens (tertiary/aromatic N) is 2. The monoisotopic (exact) mass is 484 g/mol. The molecule has 0 N–H and O–H groups in total. The van der Waals surface area contributed by atoms with Gasteiger partial charge in [-0.15, -0.1) is 0 Å². The highest BCUT2D eigenvalue weighted by Gasteiger charge is 2.53. The fourth-order valence-electron chi connectivity index (χ4n) is 4.86. The fourth-order valence-corrected chi connectivity index (χ4v) is 5.18. The van der Waals surface area contributed by atoms with Gasteiger partial charge in [0.25, 0.3) is 0 Å². The van der Waals surface area contributed by atoms with Crippen molar-refractivity contribution in [3.8, 4) is 11.5 Å². The summed E-state index contributed by atoms with van der Waals surface area (Å²) in [6.45, 7) is 1.66. The van der Waals surface area contributed by atoms with E-state index in [1.165, 1.54) is 7.05 Å². The third-order valence-electron chi connectivity index (χ3n) is 6.80. The molecule has 2 aromatic rings. The van der Waals surface area contributed by atoms with Crippen LogP contribution in [0.5, 0.6) is 11.5 Å². The van der Waals surface area contributed by atoms with Crippen molar-refractivity contribution in [3.05, 3.63) is 59.1 Å². The van der Waals surface area contributed by atoms with E-state index in [1.807, 2.05) is 24.3 Å². The van der Waals surface area contributed by atoms with Crippen molar-refractivity contribution >= 4 is 29.3 Å². The summed E-state index contributed by atoms with van der Waals surface area (Å²) in [5, 5.41) is 0.385. The number of methoxy groups -OCH3 is 1. The van der Waals surface area contributed by atoms with Gasteiger partial charge in [-0.1, -0.05) is 29.8 Å². The lowest BCUT2D eigenvalue weighted by Gasteiger charge is -2.35. The molecule has 0 bridgehead atoms. The van der Waals surface area contributed by atoms with E-state index in [1.54, 1.807) is 36.3 Å². The molecule has 0 saturated carbocycles. The van der Waals surface area contributed by atoms with Crippen LogP contribution in [0.15, 0.2) is 48.5 Å². The molecule has 0 unspecified atom stereocenters. The van der Waals surface area contributed by atoms with Gasteiger partial charge in [-0.05, 0) is 48.7 Å².